The molecule has 4 nitrogen and oxygen atoms in total. The van der Waals surface area contributed by atoms with Gasteiger partial charge in [-0.05, 0) is 31.5 Å². The number of hydrogen-bond donors (Lipinski definition) is 1. The van der Waals surface area contributed by atoms with Gasteiger partial charge in [-0.3, -0.25) is 9.67 Å². The highest BCUT2D eigenvalue weighted by Gasteiger charge is 2.18. The molecule has 5 heteroatoms. The summed E-state index contributed by atoms with van der Waals surface area (Å²) in [4.78, 5) is 4.21. The van der Waals surface area contributed by atoms with Gasteiger partial charge in [0.2, 0.25) is 0 Å². The van der Waals surface area contributed by atoms with Gasteiger partial charge >= 0.3 is 0 Å². The molecule has 2 aromatic rings. The highest BCUT2D eigenvalue weighted by molar-refractivity contribution is 6.31. The van der Waals surface area contributed by atoms with Crippen molar-refractivity contribution in [3.8, 4) is 0 Å². The molecule has 0 saturated carbocycles. The molecule has 2 heterocycles. The van der Waals surface area contributed by atoms with Crippen LogP contribution in [0.3, 0.4) is 0 Å². The summed E-state index contributed by atoms with van der Waals surface area (Å²) in [5, 5.41) is 8.70. The molecule has 0 aliphatic heterocycles. The molecule has 0 radical (unpaired) electrons. The van der Waals surface area contributed by atoms with Crippen LogP contribution in [0.5, 0.6) is 0 Å². The zero-order valence-corrected chi connectivity index (χ0v) is 13.0. The minimum Gasteiger partial charge on any atom is -0.310 e. The summed E-state index contributed by atoms with van der Waals surface area (Å²) in [6.07, 6.45) is 5.60. The fourth-order valence-corrected chi connectivity index (χ4v) is 2.54. The van der Waals surface area contributed by atoms with E-state index < -0.39 is 0 Å². The number of rotatable bonds is 6. The molecule has 0 aromatic carbocycles. The summed E-state index contributed by atoms with van der Waals surface area (Å²) in [5.74, 6) is 0. The first-order valence-electron chi connectivity index (χ1n) is 6.94. The number of hydrogen-bond acceptors (Lipinski definition) is 3. The Morgan fingerprint density at radius 1 is 1.45 bits per heavy atom. The Morgan fingerprint density at radius 3 is 2.80 bits per heavy atom. The van der Waals surface area contributed by atoms with E-state index in [0.717, 1.165) is 35.8 Å². The van der Waals surface area contributed by atoms with Gasteiger partial charge in [-0.1, -0.05) is 24.6 Å². The SMILES string of the molecule is CCCNC(Cc1c(Cl)c(C)nn1C)c1cccnc1. The number of aryl methyl sites for hydroxylation is 2. The van der Waals surface area contributed by atoms with E-state index in [1.807, 2.05) is 30.9 Å². The van der Waals surface area contributed by atoms with Gasteiger partial charge in [0.15, 0.2) is 0 Å². The van der Waals surface area contributed by atoms with E-state index in [9.17, 15) is 0 Å². The highest BCUT2D eigenvalue weighted by Crippen LogP contribution is 2.25. The second kappa shape index (κ2) is 6.86. The normalized spacial score (nSPS) is 12.6. The third kappa shape index (κ3) is 3.38. The first-order chi connectivity index (χ1) is 9.63. The summed E-state index contributed by atoms with van der Waals surface area (Å²) < 4.78 is 1.87. The van der Waals surface area contributed by atoms with Crippen molar-refractivity contribution in [2.24, 2.45) is 7.05 Å². The maximum absolute atomic E-state index is 6.35. The van der Waals surface area contributed by atoms with Crippen LogP contribution in [-0.4, -0.2) is 21.3 Å². The molecular weight excluding hydrogens is 272 g/mol. The first kappa shape index (κ1) is 15.0. The van der Waals surface area contributed by atoms with Gasteiger partial charge in [0.25, 0.3) is 0 Å². The smallest absolute Gasteiger partial charge is 0.0847 e. The van der Waals surface area contributed by atoms with E-state index in [1.54, 1.807) is 6.20 Å². The largest absolute Gasteiger partial charge is 0.310 e. The Bertz CT molecular complexity index is 551. The van der Waals surface area contributed by atoms with Crippen LogP contribution in [0.15, 0.2) is 24.5 Å². The maximum Gasteiger partial charge on any atom is 0.0847 e. The van der Waals surface area contributed by atoms with Crippen LogP contribution in [0.1, 0.15) is 36.3 Å². The molecule has 1 unspecified atom stereocenters. The van der Waals surface area contributed by atoms with E-state index in [0.29, 0.717) is 0 Å². The van der Waals surface area contributed by atoms with Crippen LogP contribution in [0.2, 0.25) is 5.02 Å². The number of aromatic nitrogens is 3. The van der Waals surface area contributed by atoms with Crippen molar-refractivity contribution in [3.05, 3.63) is 46.5 Å². The van der Waals surface area contributed by atoms with Gasteiger partial charge in [-0.2, -0.15) is 5.10 Å². The Kier molecular flexibility index (Phi) is 5.15. The molecule has 2 rings (SSSR count). The van der Waals surface area contributed by atoms with Crippen molar-refractivity contribution in [3.63, 3.8) is 0 Å². The van der Waals surface area contributed by atoms with E-state index in [1.165, 1.54) is 5.56 Å². The third-order valence-electron chi connectivity index (χ3n) is 3.39. The van der Waals surface area contributed by atoms with Gasteiger partial charge in [0.1, 0.15) is 0 Å². The number of nitrogens with zero attached hydrogens (tertiary/aromatic N) is 3. The van der Waals surface area contributed by atoms with Crippen LogP contribution >= 0.6 is 11.6 Å². The quantitative estimate of drug-likeness (QED) is 0.890. The molecule has 20 heavy (non-hydrogen) atoms. The Morgan fingerprint density at radius 2 is 2.25 bits per heavy atom. The van der Waals surface area contributed by atoms with Gasteiger partial charge in [0.05, 0.1) is 16.4 Å². The second-order valence-corrected chi connectivity index (χ2v) is 5.34. The Labute approximate surface area is 125 Å². The molecule has 2 aromatic heterocycles. The molecule has 0 aliphatic carbocycles. The lowest BCUT2D eigenvalue weighted by Crippen LogP contribution is -2.25. The van der Waals surface area contributed by atoms with Crippen LogP contribution in [-0.2, 0) is 13.5 Å². The number of nitrogens with one attached hydrogen (secondary N) is 1. The molecule has 0 saturated heterocycles. The van der Waals surface area contributed by atoms with Crippen molar-refractivity contribution < 1.29 is 0 Å². The fourth-order valence-electron chi connectivity index (χ4n) is 2.30. The highest BCUT2D eigenvalue weighted by atomic mass is 35.5. The predicted molar refractivity (Wildman–Crippen MR) is 81.9 cm³/mol. The molecule has 0 fully saturated rings. The van der Waals surface area contributed by atoms with Crippen LogP contribution in [0.4, 0.5) is 0 Å². The summed E-state index contributed by atoms with van der Waals surface area (Å²) in [6, 6.07) is 4.26. The Hall–Kier alpha value is -1.39. The van der Waals surface area contributed by atoms with E-state index in [2.05, 4.69) is 28.4 Å². The van der Waals surface area contributed by atoms with Gasteiger partial charge in [-0.25, -0.2) is 0 Å². The van der Waals surface area contributed by atoms with Crippen molar-refractivity contribution in [2.45, 2.75) is 32.7 Å². The van der Waals surface area contributed by atoms with Gasteiger partial charge in [0, 0.05) is 31.9 Å². The molecule has 0 spiro atoms. The van der Waals surface area contributed by atoms with Gasteiger partial charge < -0.3 is 5.32 Å². The summed E-state index contributed by atoms with van der Waals surface area (Å²) in [5.41, 5.74) is 3.11. The van der Waals surface area contributed by atoms with Crippen LogP contribution in [0, 0.1) is 6.92 Å². The number of pyridine rings is 1. The van der Waals surface area contributed by atoms with Crippen LogP contribution < -0.4 is 5.32 Å². The zero-order chi connectivity index (χ0) is 14.5. The predicted octanol–water partition coefficient (Wildman–Crippen LogP) is 3.06. The van der Waals surface area contributed by atoms with E-state index in [-0.39, 0.29) is 6.04 Å². The minimum atomic E-state index is 0.205. The van der Waals surface area contributed by atoms with E-state index in [4.69, 9.17) is 11.6 Å². The topological polar surface area (TPSA) is 42.7 Å². The zero-order valence-electron chi connectivity index (χ0n) is 12.2. The average Bonchev–Trinajstić information content (AvgIpc) is 2.70. The summed E-state index contributed by atoms with van der Waals surface area (Å²) >= 11 is 6.35. The molecule has 1 N–H and O–H groups in total. The van der Waals surface area contributed by atoms with Crippen LogP contribution in [0.25, 0.3) is 0 Å². The van der Waals surface area contributed by atoms with Gasteiger partial charge in [-0.15, -0.1) is 0 Å². The van der Waals surface area contributed by atoms with Crippen molar-refractivity contribution in [1.82, 2.24) is 20.1 Å². The average molecular weight is 293 g/mol. The van der Waals surface area contributed by atoms with Crippen molar-refractivity contribution >= 4 is 11.6 Å². The first-order valence-corrected chi connectivity index (χ1v) is 7.32. The molecule has 0 amide bonds. The lowest BCUT2D eigenvalue weighted by Gasteiger charge is -2.19. The lowest BCUT2D eigenvalue weighted by atomic mass is 10.0. The molecule has 108 valence electrons. The second-order valence-electron chi connectivity index (χ2n) is 4.97. The van der Waals surface area contributed by atoms with Crippen molar-refractivity contribution in [1.29, 1.82) is 0 Å². The Balaban J connectivity index is 2.24. The van der Waals surface area contributed by atoms with E-state index >= 15 is 0 Å². The summed E-state index contributed by atoms with van der Waals surface area (Å²) in [7, 11) is 1.94. The fraction of sp³-hybridized carbons (Fsp3) is 0.467. The molecule has 1 atom stereocenters. The van der Waals surface area contributed by atoms with Crippen molar-refractivity contribution in [2.75, 3.05) is 6.54 Å². The summed E-state index contributed by atoms with van der Waals surface area (Å²) in [6.45, 7) is 5.06. The molecule has 0 aliphatic rings. The number of halogens is 1. The molecular formula is C15H21ClN4. The molecule has 0 bridgehead atoms. The minimum absolute atomic E-state index is 0.205. The standard InChI is InChI=1S/C15H21ClN4/c1-4-7-18-13(12-6-5-8-17-10-12)9-14-15(16)11(2)19-20(14)3/h5-6,8,10,13,18H,4,7,9H2,1-3H3. The maximum atomic E-state index is 6.35. The third-order valence-corrected chi connectivity index (χ3v) is 3.88. The monoisotopic (exact) mass is 292 g/mol. The lowest BCUT2D eigenvalue weighted by molar-refractivity contribution is 0.511.